The molecule has 232 valence electrons. The van der Waals surface area contributed by atoms with Gasteiger partial charge in [0, 0.05) is 25.5 Å². The molecule has 0 aliphatic carbocycles. The lowest BCUT2D eigenvalue weighted by Gasteiger charge is -2.47. The van der Waals surface area contributed by atoms with Crippen molar-refractivity contribution in [2.75, 3.05) is 21.2 Å². The lowest BCUT2D eigenvalue weighted by molar-refractivity contribution is -0.300. The largest absolute Gasteiger partial charge is 0.479 e. The second-order valence-corrected chi connectivity index (χ2v) is 12.5. The van der Waals surface area contributed by atoms with Crippen molar-refractivity contribution in [3.8, 4) is 0 Å². The molecule has 0 spiro atoms. The smallest absolute Gasteiger partial charge is 0.311 e. The number of allylic oxidation sites excluding steroid dienone is 1. The van der Waals surface area contributed by atoms with Crippen LogP contribution in [0.3, 0.4) is 0 Å². The monoisotopic (exact) mass is 589 g/mol. The molecule has 2 N–H and O–H groups in total. The summed E-state index contributed by atoms with van der Waals surface area (Å²) in [7, 11) is 5.46. The summed E-state index contributed by atoms with van der Waals surface area (Å²) in [5, 5.41) is 22.8. The summed E-state index contributed by atoms with van der Waals surface area (Å²) in [6.45, 7) is 15.3. The van der Waals surface area contributed by atoms with Gasteiger partial charge in [0.05, 0.1) is 29.8 Å². The molecule has 0 saturated carbocycles. The molecular weight excluding hydrogens is 538 g/mol. The molecule has 0 aromatic carbocycles. The highest BCUT2D eigenvalue weighted by Crippen LogP contribution is 2.43. The van der Waals surface area contributed by atoms with Gasteiger partial charge in [-0.3, -0.25) is 4.79 Å². The number of likely N-dealkylation sites (N-methyl/N-ethyl adjacent to an activating group) is 1. The molecule has 3 heterocycles. The number of hydrogen-bond acceptors (Lipinski definition) is 9. The van der Waals surface area contributed by atoms with Crippen molar-refractivity contribution in [2.24, 2.45) is 11.8 Å². The molecule has 0 aromatic heterocycles. The van der Waals surface area contributed by atoms with Gasteiger partial charge in [-0.2, -0.15) is 0 Å². The average Bonchev–Trinajstić information content (AvgIpc) is 3.19. The van der Waals surface area contributed by atoms with Crippen molar-refractivity contribution < 1.29 is 38.7 Å². The van der Waals surface area contributed by atoms with Gasteiger partial charge >= 0.3 is 5.97 Å². The van der Waals surface area contributed by atoms with Crippen LogP contribution in [0.2, 0.25) is 0 Å². The normalized spacial score (nSPS) is 43.1. The number of halogens is 1. The van der Waals surface area contributed by atoms with Gasteiger partial charge in [-0.25, -0.2) is 0 Å². The molecule has 10 heteroatoms. The number of aliphatic hydroxyl groups is 2. The summed E-state index contributed by atoms with van der Waals surface area (Å²) in [4.78, 5) is 15.3. The minimum Gasteiger partial charge on any atom is -0.479 e. The number of fused-ring (bicyclic) bond motifs is 2. The molecule has 2 bridgehead atoms. The number of carbonyl (C=O) groups excluding carboxylic acids is 1. The van der Waals surface area contributed by atoms with E-state index in [2.05, 4.69) is 0 Å². The highest BCUT2D eigenvalue weighted by molar-refractivity contribution is 5.85. The summed E-state index contributed by atoms with van der Waals surface area (Å²) in [5.41, 5.74) is 0.128. The molecule has 40 heavy (non-hydrogen) atoms. The van der Waals surface area contributed by atoms with Gasteiger partial charge in [-0.15, -0.1) is 12.4 Å². The van der Waals surface area contributed by atoms with E-state index in [1.54, 1.807) is 14.0 Å². The second-order valence-electron chi connectivity index (χ2n) is 12.5. The fourth-order valence-corrected chi connectivity index (χ4v) is 6.55. The van der Waals surface area contributed by atoms with Crippen LogP contribution in [0.4, 0.5) is 0 Å². The number of methoxy groups -OCH3 is 1. The highest BCUT2D eigenvalue weighted by Gasteiger charge is 2.50. The van der Waals surface area contributed by atoms with Crippen molar-refractivity contribution in [1.29, 1.82) is 0 Å². The number of hydrogen-bond donors (Lipinski definition) is 2. The number of esters is 1. The van der Waals surface area contributed by atoms with Crippen LogP contribution in [-0.2, 0) is 28.5 Å². The Bertz CT molecular complexity index is 956. The number of rotatable bonds is 5. The minimum absolute atomic E-state index is 0. The van der Waals surface area contributed by atoms with E-state index in [4.69, 9.17) is 23.7 Å². The molecule has 1 saturated heterocycles. The quantitative estimate of drug-likeness (QED) is 0.460. The maximum Gasteiger partial charge on any atom is 0.311 e. The van der Waals surface area contributed by atoms with Crippen molar-refractivity contribution in [2.45, 2.75) is 129 Å². The van der Waals surface area contributed by atoms with Crippen LogP contribution in [0, 0.1) is 11.8 Å². The number of carbonyl (C=O) groups is 1. The van der Waals surface area contributed by atoms with E-state index in [1.165, 1.54) is 0 Å². The van der Waals surface area contributed by atoms with Crippen molar-refractivity contribution in [3.05, 3.63) is 23.0 Å². The zero-order valence-corrected chi connectivity index (χ0v) is 26.9. The standard InChI is InChI=1S/C30H51NO8.ClH/c1-12-22-29(7)14-16(2)25(39-29)17(3)15-30(8,35-11)26(19(5)23(32)20(6)27(34)37-22)38-28-24(33)21(31(9)10)13-18(4)36-28;/h14,18-24,26,28,32-33H,12-13,15H2,1-11H3;1H/t18?,19-,20+,21+,22+,23-,24?,26+,28-,29-,30+;/m0./s1. The summed E-state index contributed by atoms with van der Waals surface area (Å²) < 4.78 is 31.3. The predicted octanol–water partition coefficient (Wildman–Crippen LogP) is 3.99. The number of cyclic esters (lactones) is 1. The first-order valence-electron chi connectivity index (χ1n) is 14.3. The van der Waals surface area contributed by atoms with Crippen LogP contribution < -0.4 is 0 Å². The fraction of sp³-hybridized carbons (Fsp3) is 0.833. The Balaban J connectivity index is 0.00000560. The molecular formula is C30H52ClNO8. The topological polar surface area (TPSA) is 107 Å². The number of ether oxygens (including phenoxy) is 5. The Labute approximate surface area is 246 Å². The number of aliphatic hydroxyl groups excluding tert-OH is 2. The van der Waals surface area contributed by atoms with Gasteiger partial charge < -0.3 is 38.8 Å². The summed E-state index contributed by atoms with van der Waals surface area (Å²) in [6.07, 6.45) is -0.728. The third kappa shape index (κ3) is 6.88. The first-order chi connectivity index (χ1) is 18.1. The summed E-state index contributed by atoms with van der Waals surface area (Å²) >= 11 is 0. The Morgan fingerprint density at radius 2 is 1.75 bits per heavy atom. The van der Waals surface area contributed by atoms with E-state index in [0.717, 1.165) is 16.9 Å². The predicted molar refractivity (Wildman–Crippen MR) is 155 cm³/mol. The van der Waals surface area contributed by atoms with Crippen LogP contribution in [0.1, 0.15) is 74.7 Å². The van der Waals surface area contributed by atoms with E-state index in [0.29, 0.717) is 19.3 Å². The van der Waals surface area contributed by atoms with Crippen LogP contribution in [0.5, 0.6) is 0 Å². The van der Waals surface area contributed by atoms with E-state index in [-0.39, 0.29) is 24.6 Å². The Morgan fingerprint density at radius 3 is 2.30 bits per heavy atom. The van der Waals surface area contributed by atoms with Gasteiger partial charge in [0.25, 0.3) is 0 Å². The third-order valence-corrected chi connectivity index (χ3v) is 8.98. The zero-order valence-electron chi connectivity index (χ0n) is 26.1. The van der Waals surface area contributed by atoms with Gasteiger partial charge in [0.15, 0.2) is 11.9 Å². The maximum absolute atomic E-state index is 13.3. The first-order valence-corrected chi connectivity index (χ1v) is 14.3. The maximum atomic E-state index is 13.3. The molecule has 2 unspecified atom stereocenters. The lowest BCUT2D eigenvalue weighted by Crippen LogP contribution is -2.59. The molecule has 9 nitrogen and oxygen atoms in total. The lowest BCUT2D eigenvalue weighted by atomic mass is 9.78. The molecule has 3 rings (SSSR count). The molecule has 1 fully saturated rings. The van der Waals surface area contributed by atoms with Gasteiger partial charge in [-0.05, 0) is 85.7 Å². The van der Waals surface area contributed by atoms with Crippen molar-refractivity contribution in [3.63, 3.8) is 0 Å². The molecule has 3 aliphatic heterocycles. The summed E-state index contributed by atoms with van der Waals surface area (Å²) in [6, 6.07) is -0.163. The van der Waals surface area contributed by atoms with Crippen molar-refractivity contribution in [1.82, 2.24) is 4.90 Å². The molecule has 3 aliphatic rings. The Morgan fingerprint density at radius 1 is 1.12 bits per heavy atom. The van der Waals surface area contributed by atoms with Crippen LogP contribution in [0.25, 0.3) is 0 Å². The molecule has 0 aromatic rings. The average molecular weight is 590 g/mol. The molecule has 0 amide bonds. The Hall–Kier alpha value is -1.20. The van der Waals surface area contributed by atoms with Gasteiger partial charge in [0.2, 0.25) is 0 Å². The van der Waals surface area contributed by atoms with E-state index in [1.807, 2.05) is 73.5 Å². The fourth-order valence-electron chi connectivity index (χ4n) is 6.55. The van der Waals surface area contributed by atoms with Crippen molar-refractivity contribution >= 4 is 18.4 Å². The van der Waals surface area contributed by atoms with Crippen LogP contribution >= 0.6 is 12.4 Å². The van der Waals surface area contributed by atoms with Crippen LogP contribution in [0.15, 0.2) is 23.0 Å². The number of nitrogens with zero attached hydrogens (tertiary/aromatic N) is 1. The van der Waals surface area contributed by atoms with E-state index < -0.39 is 59.7 Å². The van der Waals surface area contributed by atoms with E-state index >= 15 is 0 Å². The van der Waals surface area contributed by atoms with Crippen LogP contribution in [-0.4, -0.2) is 96.3 Å². The first kappa shape index (κ1) is 35.0. The van der Waals surface area contributed by atoms with Gasteiger partial charge in [0.1, 0.15) is 18.0 Å². The summed E-state index contributed by atoms with van der Waals surface area (Å²) in [5.74, 6) is -1.17. The minimum atomic E-state index is -1.10. The second kappa shape index (κ2) is 13.4. The third-order valence-electron chi connectivity index (χ3n) is 8.98. The molecule has 0 radical (unpaired) electrons. The Kier molecular flexibility index (Phi) is 11.7. The molecule has 11 atom stereocenters. The van der Waals surface area contributed by atoms with Gasteiger partial charge in [-0.1, -0.05) is 13.8 Å². The van der Waals surface area contributed by atoms with E-state index in [9.17, 15) is 15.0 Å². The zero-order chi connectivity index (χ0) is 29.4. The highest BCUT2D eigenvalue weighted by atomic mass is 35.5. The SMILES string of the molecule is CC[C@H]1OC(=O)[C@H](C)[C@@H](O)[C@H](C)[C@@H](O[C@@H]2OC(C)C[C@@H](N(C)C)C2O)[C@](C)(OC)CC(C)=C2O[C@@]1(C)C=C2C.Cl.